The van der Waals surface area contributed by atoms with Crippen LogP contribution in [0, 0.1) is 23.2 Å². The van der Waals surface area contributed by atoms with Gasteiger partial charge in [0.15, 0.2) is 5.11 Å². The number of amides is 1. The summed E-state index contributed by atoms with van der Waals surface area (Å²) in [4.78, 5) is 31.1. The first-order chi connectivity index (χ1) is 20.8. The quantitative estimate of drug-likeness (QED) is 0.159. The second-order valence-corrected chi connectivity index (χ2v) is 11.2. The normalized spacial score (nSPS) is 14.3. The highest BCUT2D eigenvalue weighted by Gasteiger charge is 2.50. The van der Waals surface area contributed by atoms with Crippen molar-refractivity contribution in [2.45, 2.75) is 64.1 Å². The Labute approximate surface area is 258 Å². The van der Waals surface area contributed by atoms with Crippen LogP contribution in [0.25, 0.3) is 0 Å². The topological polar surface area (TPSA) is 97.5 Å². The smallest absolute Gasteiger partial charge is 0.417 e. The van der Waals surface area contributed by atoms with E-state index in [1.54, 1.807) is 55.3 Å². The minimum absolute atomic E-state index is 0.0168. The van der Waals surface area contributed by atoms with E-state index in [0.29, 0.717) is 17.7 Å². The molecule has 2 aromatic carbocycles. The summed E-state index contributed by atoms with van der Waals surface area (Å²) in [5.41, 5.74) is 0.0152. The monoisotopic (exact) mass is 618 g/mol. The minimum atomic E-state index is -4.78. The van der Waals surface area contributed by atoms with Gasteiger partial charge >= 0.3 is 12.1 Å². The first-order valence-corrected chi connectivity index (χ1v) is 14.3. The van der Waals surface area contributed by atoms with Crippen molar-refractivity contribution in [2.75, 3.05) is 9.80 Å². The Morgan fingerprint density at radius 3 is 2.23 bits per heavy atom. The number of anilines is 2. The fraction of sp³-hybridized carbons (Fsp3) is 0.303. The summed E-state index contributed by atoms with van der Waals surface area (Å²) in [6.45, 7) is 3.28. The number of nitrogens with zero attached hydrogens (tertiary/aromatic N) is 4. The summed E-state index contributed by atoms with van der Waals surface area (Å²) in [6.07, 6.45) is 1.39. The predicted molar refractivity (Wildman–Crippen MR) is 164 cm³/mol. The Hall–Kier alpha value is -4.74. The molecular weight excluding hydrogens is 589 g/mol. The molecule has 0 bridgehead atoms. The van der Waals surface area contributed by atoms with E-state index in [-0.39, 0.29) is 17.2 Å². The van der Waals surface area contributed by atoms with Crippen LogP contribution in [0.2, 0.25) is 0 Å². The first kappa shape index (κ1) is 32.2. The fourth-order valence-electron chi connectivity index (χ4n) is 4.88. The number of aliphatic carboxylic acids is 1. The van der Waals surface area contributed by atoms with Crippen molar-refractivity contribution in [3.8, 4) is 17.9 Å². The summed E-state index contributed by atoms with van der Waals surface area (Å²) in [5.74, 6) is 4.89. The van der Waals surface area contributed by atoms with Gasteiger partial charge in [-0.2, -0.15) is 18.4 Å². The number of hydrogen-bond acceptors (Lipinski definition) is 5. The number of carboxylic acids is 1. The average molecular weight is 619 g/mol. The Kier molecular flexibility index (Phi) is 9.71. The van der Waals surface area contributed by atoms with Gasteiger partial charge in [-0.05, 0) is 99.9 Å². The van der Waals surface area contributed by atoms with Crippen LogP contribution in [0.4, 0.5) is 24.5 Å². The molecule has 7 nitrogen and oxygen atoms in total. The van der Waals surface area contributed by atoms with E-state index in [2.05, 4.69) is 16.8 Å². The number of halogens is 3. The Bertz CT molecular complexity index is 1670. The molecule has 1 aliphatic heterocycles. The molecule has 0 atom stereocenters. The maximum absolute atomic E-state index is 13.6. The lowest BCUT2D eigenvalue weighted by molar-refractivity contribution is -0.138. The standard InChI is InChI=1S/C33H29F3N4O3S/c1-32(2)30(43)39(27-18-14-24(20-37)28(19-27)33(34,35)36)31(44)40(32)26-16-12-22(13-17-26)9-10-23-11-15-25(38-21-23)7-5-3-4-6-8-29(41)42/h11-19,21H,3-8H2,1-2H3,(H,41,42). The maximum atomic E-state index is 13.6. The number of carbonyl (C=O) groups excluding carboxylic acids is 1. The first-order valence-electron chi connectivity index (χ1n) is 13.9. The number of pyridine rings is 1. The molecule has 1 aliphatic rings. The Morgan fingerprint density at radius 1 is 0.977 bits per heavy atom. The lowest BCUT2D eigenvalue weighted by Crippen LogP contribution is -2.44. The summed E-state index contributed by atoms with van der Waals surface area (Å²) >= 11 is 5.59. The molecule has 11 heteroatoms. The molecule has 4 rings (SSSR count). The minimum Gasteiger partial charge on any atom is -0.481 e. The number of rotatable bonds is 9. The molecule has 2 heterocycles. The zero-order valence-electron chi connectivity index (χ0n) is 24.1. The Balaban J connectivity index is 1.44. The zero-order chi connectivity index (χ0) is 32.1. The van der Waals surface area contributed by atoms with Crippen molar-refractivity contribution in [1.29, 1.82) is 5.26 Å². The molecule has 1 N–H and O–H groups in total. The van der Waals surface area contributed by atoms with E-state index in [4.69, 9.17) is 22.6 Å². The van der Waals surface area contributed by atoms with Crippen molar-refractivity contribution in [2.24, 2.45) is 0 Å². The number of alkyl halides is 3. The molecule has 1 fully saturated rings. The van der Waals surface area contributed by atoms with Crippen molar-refractivity contribution < 1.29 is 27.9 Å². The number of carboxylic acid groups (broad SMARTS) is 1. The largest absolute Gasteiger partial charge is 0.481 e. The van der Waals surface area contributed by atoms with Crippen molar-refractivity contribution in [1.82, 2.24) is 4.98 Å². The number of hydrogen-bond donors (Lipinski definition) is 1. The van der Waals surface area contributed by atoms with Crippen LogP contribution in [0.1, 0.15) is 73.9 Å². The number of unbranched alkanes of at least 4 members (excludes halogenated alkanes) is 3. The van der Waals surface area contributed by atoms with Crippen molar-refractivity contribution in [3.05, 3.63) is 88.7 Å². The van der Waals surface area contributed by atoms with E-state index in [1.807, 2.05) is 12.1 Å². The number of carbonyl (C=O) groups is 2. The highest BCUT2D eigenvalue weighted by Crippen LogP contribution is 2.39. The van der Waals surface area contributed by atoms with Crippen molar-refractivity contribution in [3.63, 3.8) is 0 Å². The second kappa shape index (κ2) is 13.3. The molecule has 1 amide bonds. The SMILES string of the molecule is CC1(C)C(=O)N(c2ccc(C#N)c(C(F)(F)F)c2)C(=S)N1c1ccc(C#Cc2ccc(CCCCCCC(=O)O)nc2)cc1. The van der Waals surface area contributed by atoms with Gasteiger partial charge in [0, 0.05) is 35.1 Å². The molecule has 226 valence electrons. The van der Waals surface area contributed by atoms with Gasteiger partial charge in [-0.3, -0.25) is 19.5 Å². The van der Waals surface area contributed by atoms with Gasteiger partial charge in [-0.1, -0.05) is 24.7 Å². The molecule has 44 heavy (non-hydrogen) atoms. The summed E-state index contributed by atoms with van der Waals surface area (Å²) in [5, 5.41) is 17.8. The van der Waals surface area contributed by atoms with E-state index in [9.17, 15) is 22.8 Å². The van der Waals surface area contributed by atoms with Crippen LogP contribution >= 0.6 is 12.2 Å². The molecule has 0 radical (unpaired) electrons. The summed E-state index contributed by atoms with van der Waals surface area (Å²) < 4.78 is 40.8. The lowest BCUT2D eigenvalue weighted by Gasteiger charge is -2.29. The average Bonchev–Trinajstić information content (AvgIpc) is 3.16. The van der Waals surface area contributed by atoms with E-state index in [1.165, 1.54) is 6.07 Å². The van der Waals surface area contributed by atoms with E-state index < -0.39 is 34.7 Å². The van der Waals surface area contributed by atoms with Crippen LogP contribution in [0.3, 0.4) is 0 Å². The predicted octanol–water partition coefficient (Wildman–Crippen LogP) is 6.87. The molecule has 0 spiro atoms. The van der Waals surface area contributed by atoms with E-state index >= 15 is 0 Å². The van der Waals surface area contributed by atoms with E-state index in [0.717, 1.165) is 54.0 Å². The highest BCUT2D eigenvalue weighted by molar-refractivity contribution is 7.81. The number of thiocarbonyl (C=S) groups is 1. The molecular formula is C33H29F3N4O3S. The van der Waals surface area contributed by atoms with Gasteiger partial charge in [-0.25, -0.2) is 0 Å². The molecule has 3 aromatic rings. The third-order valence-electron chi connectivity index (χ3n) is 7.23. The third-order valence-corrected chi connectivity index (χ3v) is 7.60. The van der Waals surface area contributed by atoms with Crippen LogP contribution in [0.15, 0.2) is 60.8 Å². The number of nitriles is 1. The van der Waals surface area contributed by atoms with Gasteiger partial charge < -0.3 is 10.0 Å². The van der Waals surface area contributed by atoms with Gasteiger partial charge in [0.2, 0.25) is 0 Å². The number of aromatic nitrogens is 1. The molecule has 0 aliphatic carbocycles. The number of benzene rings is 2. The third kappa shape index (κ3) is 7.24. The van der Waals surface area contributed by atoms with Gasteiger partial charge in [0.1, 0.15) is 5.54 Å². The van der Waals surface area contributed by atoms with Crippen LogP contribution in [0.5, 0.6) is 0 Å². The lowest BCUT2D eigenvalue weighted by atomic mass is 10.0. The van der Waals surface area contributed by atoms with Crippen LogP contribution in [-0.2, 0) is 22.2 Å². The summed E-state index contributed by atoms with van der Waals surface area (Å²) in [7, 11) is 0. The number of aryl methyl sites for hydroxylation is 1. The molecule has 0 unspecified atom stereocenters. The van der Waals surface area contributed by atoms with Crippen LogP contribution in [-0.4, -0.2) is 32.6 Å². The molecule has 1 aromatic heterocycles. The Morgan fingerprint density at radius 2 is 1.61 bits per heavy atom. The zero-order valence-corrected chi connectivity index (χ0v) is 24.9. The second-order valence-electron chi connectivity index (χ2n) is 10.8. The highest BCUT2D eigenvalue weighted by atomic mass is 32.1. The molecule has 0 saturated carbocycles. The van der Waals surface area contributed by atoms with Crippen molar-refractivity contribution >= 4 is 40.6 Å². The maximum Gasteiger partial charge on any atom is 0.417 e. The van der Waals surface area contributed by atoms with Gasteiger partial charge in [0.05, 0.1) is 22.9 Å². The summed E-state index contributed by atoms with van der Waals surface area (Å²) in [6, 6.07) is 15.5. The van der Waals surface area contributed by atoms with Gasteiger partial charge in [-0.15, -0.1) is 0 Å². The van der Waals surface area contributed by atoms with Gasteiger partial charge in [0.25, 0.3) is 5.91 Å². The van der Waals surface area contributed by atoms with Crippen LogP contribution < -0.4 is 9.80 Å². The molecule has 1 saturated heterocycles. The fourth-order valence-corrected chi connectivity index (χ4v) is 5.40.